The molecule has 1 N–H and O–H groups in total. The van der Waals surface area contributed by atoms with Gasteiger partial charge >= 0.3 is 0 Å². The van der Waals surface area contributed by atoms with Gasteiger partial charge in [-0.3, -0.25) is 9.59 Å². The number of amides is 1. The quantitative estimate of drug-likeness (QED) is 0.863. The Morgan fingerprint density at radius 3 is 2.80 bits per heavy atom. The van der Waals surface area contributed by atoms with Crippen molar-refractivity contribution in [2.24, 2.45) is 0 Å². The van der Waals surface area contributed by atoms with Crippen molar-refractivity contribution >= 4 is 11.6 Å². The molecule has 0 fully saturated rings. The van der Waals surface area contributed by atoms with Crippen LogP contribution in [0.3, 0.4) is 0 Å². The third-order valence-electron chi connectivity index (χ3n) is 3.77. The molecule has 2 heterocycles. The zero-order chi connectivity index (χ0) is 14.1. The Balaban J connectivity index is 2.02. The topological polar surface area (TPSA) is 53.2 Å². The third kappa shape index (κ3) is 2.13. The zero-order valence-electron chi connectivity index (χ0n) is 11.3. The van der Waals surface area contributed by atoms with Crippen LogP contribution in [-0.2, 0) is 6.42 Å². The van der Waals surface area contributed by atoms with Crippen LogP contribution in [0.25, 0.3) is 0 Å². The van der Waals surface area contributed by atoms with E-state index in [4.69, 9.17) is 0 Å². The third-order valence-corrected chi connectivity index (χ3v) is 3.77. The number of rotatable bonds is 1. The summed E-state index contributed by atoms with van der Waals surface area (Å²) in [7, 11) is 0. The molecule has 20 heavy (non-hydrogen) atoms. The number of fused-ring (bicyclic) bond motifs is 1. The molecule has 1 aliphatic heterocycles. The second kappa shape index (κ2) is 4.96. The molecule has 0 aliphatic carbocycles. The Labute approximate surface area is 117 Å². The van der Waals surface area contributed by atoms with Crippen LogP contribution < -0.4 is 10.5 Å². The molecule has 0 bridgehead atoms. The van der Waals surface area contributed by atoms with Gasteiger partial charge in [0, 0.05) is 24.0 Å². The molecular weight excluding hydrogens is 252 g/mol. The average Bonchev–Trinajstić information content (AvgIpc) is 2.47. The monoisotopic (exact) mass is 268 g/mol. The second-order valence-corrected chi connectivity index (χ2v) is 5.13. The van der Waals surface area contributed by atoms with Crippen molar-refractivity contribution in [3.63, 3.8) is 0 Å². The van der Waals surface area contributed by atoms with Crippen molar-refractivity contribution in [3.8, 4) is 0 Å². The maximum atomic E-state index is 12.7. The fourth-order valence-corrected chi connectivity index (χ4v) is 2.68. The number of H-pyrrole nitrogens is 1. The number of aryl methyl sites for hydroxylation is 1. The van der Waals surface area contributed by atoms with Crippen molar-refractivity contribution < 1.29 is 4.79 Å². The molecule has 2 aromatic rings. The van der Waals surface area contributed by atoms with E-state index in [0.717, 1.165) is 18.5 Å². The highest BCUT2D eigenvalue weighted by Gasteiger charge is 2.28. The summed E-state index contributed by atoms with van der Waals surface area (Å²) in [5.74, 6) is -0.0686. The smallest absolute Gasteiger partial charge is 0.260 e. The lowest BCUT2D eigenvalue weighted by Crippen LogP contribution is -2.42. The number of carbonyl (C=O) groups is 1. The number of pyridine rings is 1. The van der Waals surface area contributed by atoms with Crippen LogP contribution in [0.2, 0.25) is 0 Å². The van der Waals surface area contributed by atoms with E-state index in [9.17, 15) is 9.59 Å². The molecule has 3 rings (SSSR count). The Morgan fingerprint density at radius 1 is 1.25 bits per heavy atom. The van der Waals surface area contributed by atoms with E-state index < -0.39 is 0 Å². The number of para-hydroxylation sites is 1. The number of aromatic nitrogens is 1. The molecule has 1 aromatic heterocycles. The van der Waals surface area contributed by atoms with Gasteiger partial charge in [-0.25, -0.2) is 0 Å². The van der Waals surface area contributed by atoms with Gasteiger partial charge in [0.25, 0.3) is 5.91 Å². The normalized spacial score (nSPS) is 17.6. The number of anilines is 1. The van der Waals surface area contributed by atoms with Gasteiger partial charge in [0.2, 0.25) is 5.56 Å². The van der Waals surface area contributed by atoms with Crippen molar-refractivity contribution in [3.05, 3.63) is 64.1 Å². The molecule has 1 aliphatic rings. The summed E-state index contributed by atoms with van der Waals surface area (Å²) >= 11 is 0. The summed E-state index contributed by atoms with van der Waals surface area (Å²) in [6.45, 7) is 2.06. The predicted molar refractivity (Wildman–Crippen MR) is 78.1 cm³/mol. The minimum atomic E-state index is -0.200. The lowest BCUT2D eigenvalue weighted by Gasteiger charge is -2.35. The van der Waals surface area contributed by atoms with Gasteiger partial charge in [-0.05, 0) is 37.5 Å². The number of hydrogen-bond acceptors (Lipinski definition) is 2. The summed E-state index contributed by atoms with van der Waals surface area (Å²) in [5, 5.41) is 0. The van der Waals surface area contributed by atoms with Crippen molar-refractivity contribution in [2.75, 3.05) is 4.90 Å². The fourth-order valence-electron chi connectivity index (χ4n) is 2.68. The van der Waals surface area contributed by atoms with E-state index in [1.54, 1.807) is 6.07 Å². The molecule has 1 amide bonds. The minimum absolute atomic E-state index is 0.0686. The average molecular weight is 268 g/mol. The molecule has 102 valence electrons. The molecule has 1 unspecified atom stereocenters. The predicted octanol–water partition coefficient (Wildman–Crippen LogP) is 2.36. The van der Waals surface area contributed by atoms with Gasteiger partial charge in [0.05, 0.1) is 5.56 Å². The maximum absolute atomic E-state index is 12.7. The van der Waals surface area contributed by atoms with Gasteiger partial charge in [-0.1, -0.05) is 18.2 Å². The second-order valence-electron chi connectivity index (χ2n) is 5.13. The van der Waals surface area contributed by atoms with E-state index in [0.29, 0.717) is 5.56 Å². The molecule has 4 nitrogen and oxygen atoms in total. The number of benzene rings is 1. The largest absolute Gasteiger partial charge is 0.328 e. The highest BCUT2D eigenvalue weighted by Crippen LogP contribution is 2.31. The standard InChI is InChI=1S/C16H16N2O2/c1-11-6-7-12-4-2-3-5-14(12)18(11)16(20)13-8-9-15(19)17-10-13/h2-5,8-11H,6-7H2,1H3,(H,17,19). The first-order valence-corrected chi connectivity index (χ1v) is 6.77. The summed E-state index contributed by atoms with van der Waals surface area (Å²) in [4.78, 5) is 28.2. The van der Waals surface area contributed by atoms with E-state index in [1.807, 2.05) is 23.1 Å². The van der Waals surface area contributed by atoms with Crippen LogP contribution in [0.15, 0.2) is 47.4 Å². The summed E-state index contributed by atoms with van der Waals surface area (Å²) in [6.07, 6.45) is 3.42. The van der Waals surface area contributed by atoms with Crippen molar-refractivity contribution in [1.82, 2.24) is 4.98 Å². The first kappa shape index (κ1) is 12.7. The molecule has 0 spiro atoms. The molecule has 1 aromatic carbocycles. The van der Waals surface area contributed by atoms with Gasteiger partial charge in [0.15, 0.2) is 0 Å². The highest BCUT2D eigenvalue weighted by molar-refractivity contribution is 6.06. The van der Waals surface area contributed by atoms with E-state index >= 15 is 0 Å². The SMILES string of the molecule is CC1CCc2ccccc2N1C(=O)c1ccc(=O)[nH]c1. The van der Waals surface area contributed by atoms with Crippen LogP contribution in [0, 0.1) is 0 Å². The number of nitrogens with zero attached hydrogens (tertiary/aromatic N) is 1. The Hall–Kier alpha value is -2.36. The molecule has 0 saturated heterocycles. The number of aromatic amines is 1. The number of hydrogen-bond donors (Lipinski definition) is 1. The molecule has 4 heteroatoms. The molecule has 0 saturated carbocycles. The first-order chi connectivity index (χ1) is 9.66. The van der Waals surface area contributed by atoms with E-state index in [1.165, 1.54) is 17.8 Å². The minimum Gasteiger partial charge on any atom is -0.328 e. The summed E-state index contributed by atoms with van der Waals surface area (Å²) < 4.78 is 0. The maximum Gasteiger partial charge on any atom is 0.260 e. The summed E-state index contributed by atoms with van der Waals surface area (Å²) in [5.41, 5.74) is 2.48. The molecule has 0 radical (unpaired) electrons. The van der Waals surface area contributed by atoms with Gasteiger partial charge in [0.1, 0.15) is 0 Å². The number of nitrogens with one attached hydrogen (secondary N) is 1. The Bertz CT molecular complexity index is 685. The van der Waals surface area contributed by atoms with Crippen LogP contribution in [0.5, 0.6) is 0 Å². The van der Waals surface area contributed by atoms with Gasteiger partial charge < -0.3 is 9.88 Å². The Morgan fingerprint density at radius 2 is 2.05 bits per heavy atom. The zero-order valence-corrected chi connectivity index (χ0v) is 11.3. The van der Waals surface area contributed by atoms with Crippen LogP contribution in [0.4, 0.5) is 5.69 Å². The van der Waals surface area contributed by atoms with Gasteiger partial charge in [-0.15, -0.1) is 0 Å². The van der Waals surface area contributed by atoms with E-state index in [2.05, 4.69) is 18.0 Å². The summed E-state index contributed by atoms with van der Waals surface area (Å²) in [6, 6.07) is 11.1. The number of carbonyl (C=O) groups excluding carboxylic acids is 1. The Kier molecular flexibility index (Phi) is 3.14. The first-order valence-electron chi connectivity index (χ1n) is 6.77. The molecular formula is C16H16N2O2. The molecule has 1 atom stereocenters. The fraction of sp³-hybridized carbons (Fsp3) is 0.250. The van der Waals surface area contributed by atoms with Crippen molar-refractivity contribution in [2.45, 2.75) is 25.8 Å². The van der Waals surface area contributed by atoms with Crippen LogP contribution >= 0.6 is 0 Å². The van der Waals surface area contributed by atoms with Crippen molar-refractivity contribution in [1.29, 1.82) is 0 Å². The lowest BCUT2D eigenvalue weighted by atomic mass is 9.96. The highest BCUT2D eigenvalue weighted by atomic mass is 16.2. The van der Waals surface area contributed by atoms with Gasteiger partial charge in [-0.2, -0.15) is 0 Å². The van der Waals surface area contributed by atoms with Crippen LogP contribution in [-0.4, -0.2) is 16.9 Å². The van der Waals surface area contributed by atoms with Crippen LogP contribution in [0.1, 0.15) is 29.3 Å². The van der Waals surface area contributed by atoms with E-state index in [-0.39, 0.29) is 17.5 Å². The lowest BCUT2D eigenvalue weighted by molar-refractivity contribution is 0.0975.